The molecule has 2 heterocycles. The number of benzene rings is 1. The van der Waals surface area contributed by atoms with Gasteiger partial charge >= 0.3 is 0 Å². The van der Waals surface area contributed by atoms with Crippen LogP contribution in [0.5, 0.6) is 5.75 Å². The number of nitrogens with zero attached hydrogens (tertiary/aromatic N) is 1. The fourth-order valence-corrected chi connectivity index (χ4v) is 2.60. The predicted octanol–water partition coefficient (Wildman–Crippen LogP) is 1.63. The number of methoxy groups -OCH3 is 1. The molecule has 9 heteroatoms. The zero-order valence-electron chi connectivity index (χ0n) is 14.6. The number of rotatable bonds is 6. The summed E-state index contributed by atoms with van der Waals surface area (Å²) in [7, 11) is 1.63. The van der Waals surface area contributed by atoms with E-state index in [0.717, 1.165) is 23.6 Å². The van der Waals surface area contributed by atoms with E-state index in [1.54, 1.807) is 7.11 Å². The largest absolute Gasteiger partial charge is 0.497 e. The fourth-order valence-electron chi connectivity index (χ4n) is 2.60. The first-order valence-corrected chi connectivity index (χ1v) is 8.00. The van der Waals surface area contributed by atoms with Gasteiger partial charge in [0, 0.05) is 37.8 Å². The lowest BCUT2D eigenvalue weighted by atomic mass is 10.1. The molecule has 1 unspecified atom stereocenters. The van der Waals surface area contributed by atoms with Crippen LogP contribution in [0.2, 0.25) is 0 Å². The first kappa shape index (κ1) is 22.7. The van der Waals surface area contributed by atoms with Crippen molar-refractivity contribution in [1.29, 1.82) is 0 Å². The van der Waals surface area contributed by atoms with Gasteiger partial charge in [-0.2, -0.15) is 0 Å². The third kappa shape index (κ3) is 6.12. The summed E-state index contributed by atoms with van der Waals surface area (Å²) in [5.74, 6) is 1.50. The van der Waals surface area contributed by atoms with E-state index in [0.29, 0.717) is 38.6 Å². The van der Waals surface area contributed by atoms with Crippen LogP contribution in [0.4, 0.5) is 0 Å². The van der Waals surface area contributed by atoms with E-state index in [9.17, 15) is 5.11 Å². The zero-order chi connectivity index (χ0) is 16.8. The van der Waals surface area contributed by atoms with Crippen LogP contribution in [0.3, 0.4) is 0 Å². The van der Waals surface area contributed by atoms with Crippen LogP contribution in [0.1, 0.15) is 5.69 Å². The molecule has 2 aromatic rings. The van der Waals surface area contributed by atoms with Gasteiger partial charge in [0.15, 0.2) is 5.76 Å². The average molecular weight is 406 g/mol. The highest BCUT2D eigenvalue weighted by molar-refractivity contribution is 5.85. The highest BCUT2D eigenvalue weighted by Gasteiger charge is 2.28. The van der Waals surface area contributed by atoms with E-state index < -0.39 is 5.60 Å². The number of β-amino-alcohol motifs (C(OH)–C–C–N with tert-alkyl or cyclic N) is 1. The van der Waals surface area contributed by atoms with Crippen molar-refractivity contribution in [1.82, 2.24) is 15.8 Å². The van der Waals surface area contributed by atoms with Crippen LogP contribution < -0.4 is 15.4 Å². The van der Waals surface area contributed by atoms with Gasteiger partial charge in [-0.25, -0.2) is 0 Å². The monoisotopic (exact) mass is 405 g/mol. The molecule has 3 N–H and O–H groups in total. The molecule has 1 atom stereocenters. The lowest BCUT2D eigenvalue weighted by Crippen LogP contribution is -2.50. The normalized spacial score (nSPS) is 19.8. The molecule has 7 nitrogen and oxygen atoms in total. The highest BCUT2D eigenvalue weighted by Crippen LogP contribution is 2.23. The van der Waals surface area contributed by atoms with Crippen molar-refractivity contribution in [3.05, 3.63) is 36.0 Å². The van der Waals surface area contributed by atoms with Gasteiger partial charge in [0.1, 0.15) is 11.4 Å². The number of hydrogen-bond donors (Lipinski definition) is 3. The van der Waals surface area contributed by atoms with Gasteiger partial charge in [0.2, 0.25) is 0 Å². The first-order chi connectivity index (χ1) is 11.7. The second kappa shape index (κ2) is 10.7. The Bertz CT molecular complexity index is 644. The molecule has 0 aliphatic carbocycles. The minimum absolute atomic E-state index is 0. The van der Waals surface area contributed by atoms with Crippen LogP contribution in [-0.2, 0) is 11.3 Å². The van der Waals surface area contributed by atoms with E-state index in [4.69, 9.17) is 14.0 Å². The van der Waals surface area contributed by atoms with E-state index >= 15 is 0 Å². The van der Waals surface area contributed by atoms with Gasteiger partial charge < -0.3 is 29.7 Å². The van der Waals surface area contributed by atoms with Crippen LogP contribution in [0.15, 0.2) is 34.9 Å². The van der Waals surface area contributed by atoms with Crippen molar-refractivity contribution in [2.75, 3.05) is 40.0 Å². The van der Waals surface area contributed by atoms with Gasteiger partial charge in [0.25, 0.3) is 0 Å². The summed E-state index contributed by atoms with van der Waals surface area (Å²) in [4.78, 5) is 0. The van der Waals surface area contributed by atoms with Gasteiger partial charge in [-0.1, -0.05) is 5.16 Å². The third-order valence-electron chi connectivity index (χ3n) is 3.94. The standard InChI is InChI=1S/C17H23N3O4.2ClH/c1-22-15-4-2-13(3-5-15)16-8-14(20-24-16)9-19-11-17(21)10-18-6-7-23-12-17;;/h2-5,8,18-19,21H,6-7,9-12H2,1H3;2*1H. The summed E-state index contributed by atoms with van der Waals surface area (Å²) in [5.41, 5.74) is 0.820. The number of aliphatic hydroxyl groups is 1. The molecule has 1 saturated heterocycles. The van der Waals surface area contributed by atoms with Crippen LogP contribution in [0, 0.1) is 0 Å². The Morgan fingerprint density at radius 2 is 2.08 bits per heavy atom. The molecule has 1 aromatic heterocycles. The Morgan fingerprint density at radius 1 is 1.31 bits per heavy atom. The summed E-state index contributed by atoms with van der Waals surface area (Å²) in [6.45, 7) is 3.15. The molecule has 0 bridgehead atoms. The highest BCUT2D eigenvalue weighted by atomic mass is 35.5. The number of nitrogens with one attached hydrogen (secondary N) is 2. The van der Waals surface area contributed by atoms with Gasteiger partial charge in [-0.05, 0) is 24.3 Å². The minimum atomic E-state index is -0.904. The molecule has 26 heavy (non-hydrogen) atoms. The van der Waals surface area contributed by atoms with Gasteiger partial charge in [0.05, 0.1) is 26.0 Å². The van der Waals surface area contributed by atoms with Crippen molar-refractivity contribution in [2.24, 2.45) is 0 Å². The number of halogens is 2. The van der Waals surface area contributed by atoms with Gasteiger partial charge in [-0.3, -0.25) is 0 Å². The van der Waals surface area contributed by atoms with Crippen molar-refractivity contribution in [2.45, 2.75) is 12.1 Å². The molecule has 1 aliphatic heterocycles. The topological polar surface area (TPSA) is 88.8 Å². The van der Waals surface area contributed by atoms with Crippen molar-refractivity contribution < 1.29 is 19.1 Å². The molecule has 0 amide bonds. The molecule has 0 spiro atoms. The molecule has 1 aromatic carbocycles. The lowest BCUT2D eigenvalue weighted by molar-refractivity contribution is -0.0265. The fraction of sp³-hybridized carbons (Fsp3) is 0.471. The molecular formula is C17H25Cl2N3O4. The Hall–Kier alpha value is -1.35. The second-order valence-corrected chi connectivity index (χ2v) is 5.97. The Morgan fingerprint density at radius 3 is 2.81 bits per heavy atom. The summed E-state index contributed by atoms with van der Waals surface area (Å²) in [6, 6.07) is 9.50. The molecule has 3 rings (SSSR count). The zero-order valence-corrected chi connectivity index (χ0v) is 16.2. The SMILES string of the molecule is COc1ccc(-c2cc(CNCC3(O)CNCCOC3)no2)cc1.Cl.Cl. The molecule has 146 valence electrons. The van der Waals surface area contributed by atoms with Crippen molar-refractivity contribution in [3.8, 4) is 17.1 Å². The Kier molecular flexibility index (Phi) is 9.35. The molecule has 0 radical (unpaired) electrons. The molecular weight excluding hydrogens is 381 g/mol. The Labute approximate surface area is 165 Å². The summed E-state index contributed by atoms with van der Waals surface area (Å²) >= 11 is 0. The maximum atomic E-state index is 10.5. The number of ether oxygens (including phenoxy) is 2. The maximum Gasteiger partial charge on any atom is 0.167 e. The van der Waals surface area contributed by atoms with E-state index in [1.807, 2.05) is 30.3 Å². The van der Waals surface area contributed by atoms with E-state index in [2.05, 4.69) is 15.8 Å². The van der Waals surface area contributed by atoms with Crippen molar-refractivity contribution in [3.63, 3.8) is 0 Å². The van der Waals surface area contributed by atoms with Crippen molar-refractivity contribution >= 4 is 24.8 Å². The van der Waals surface area contributed by atoms with Crippen LogP contribution in [0.25, 0.3) is 11.3 Å². The van der Waals surface area contributed by atoms with Gasteiger partial charge in [-0.15, -0.1) is 24.8 Å². The average Bonchev–Trinajstić information content (AvgIpc) is 2.96. The smallest absolute Gasteiger partial charge is 0.167 e. The minimum Gasteiger partial charge on any atom is -0.497 e. The molecule has 0 saturated carbocycles. The summed E-state index contributed by atoms with van der Waals surface area (Å²) in [6.07, 6.45) is 0. The third-order valence-corrected chi connectivity index (χ3v) is 3.94. The predicted molar refractivity (Wildman–Crippen MR) is 103 cm³/mol. The molecule has 1 aliphatic rings. The second-order valence-electron chi connectivity index (χ2n) is 5.97. The first-order valence-electron chi connectivity index (χ1n) is 8.00. The quantitative estimate of drug-likeness (QED) is 0.672. The number of hydrogen-bond acceptors (Lipinski definition) is 7. The van der Waals surface area contributed by atoms with E-state index in [-0.39, 0.29) is 24.8 Å². The van der Waals surface area contributed by atoms with Crippen LogP contribution >= 0.6 is 24.8 Å². The lowest BCUT2D eigenvalue weighted by Gasteiger charge is -2.25. The molecule has 1 fully saturated rings. The number of aromatic nitrogens is 1. The van der Waals surface area contributed by atoms with Crippen LogP contribution in [-0.4, -0.2) is 55.8 Å². The van der Waals surface area contributed by atoms with E-state index in [1.165, 1.54) is 0 Å². The Balaban J connectivity index is 0.00000169. The summed E-state index contributed by atoms with van der Waals surface area (Å²) in [5, 5.41) is 20.9. The summed E-state index contributed by atoms with van der Waals surface area (Å²) < 4.78 is 15.9. The maximum absolute atomic E-state index is 10.5.